The molecule has 0 saturated carbocycles. The van der Waals surface area contributed by atoms with Gasteiger partial charge in [0.05, 0.1) is 0 Å². The molecule has 0 aromatic carbocycles. The Bertz CT molecular complexity index is 293. The highest BCUT2D eigenvalue weighted by Crippen LogP contribution is 2.09. The Hall–Kier alpha value is -0.870. The van der Waals surface area contributed by atoms with Crippen LogP contribution in [-0.4, -0.2) is 15.0 Å². The molecule has 0 atom stereocenters. The monoisotopic (exact) mass is 218 g/mol. The summed E-state index contributed by atoms with van der Waals surface area (Å²) in [5, 5.41) is 2.97. The number of nitrogens with zero attached hydrogens (tertiary/aromatic N) is 3. The molecule has 1 aromatic heterocycles. The van der Waals surface area contributed by atoms with Crippen LogP contribution in [0.5, 0.6) is 0 Å². The molecule has 0 aliphatic heterocycles. The molecule has 70 valence electrons. The summed E-state index contributed by atoms with van der Waals surface area (Å²) in [6.07, 6.45) is 4.58. The van der Waals surface area contributed by atoms with Gasteiger partial charge in [0.15, 0.2) is 0 Å². The summed E-state index contributed by atoms with van der Waals surface area (Å²) in [5.74, 6) is 0.342. The molecule has 0 bridgehead atoms. The lowest BCUT2D eigenvalue weighted by Gasteiger charge is -1.98. The number of halogens is 2. The Kier molecular flexibility index (Phi) is 3.92. The number of hydrogen-bond acceptors (Lipinski definition) is 4. The second-order valence-corrected chi connectivity index (χ2v) is 2.83. The van der Waals surface area contributed by atoms with Crippen molar-refractivity contribution in [2.75, 3.05) is 5.32 Å². The van der Waals surface area contributed by atoms with E-state index < -0.39 is 0 Å². The van der Waals surface area contributed by atoms with Crippen molar-refractivity contribution < 1.29 is 0 Å². The first-order valence-corrected chi connectivity index (χ1v) is 4.46. The normalized spacial score (nSPS) is 10.7. The number of rotatable bonds is 3. The highest BCUT2D eigenvalue weighted by Gasteiger charge is 1.99. The van der Waals surface area contributed by atoms with Crippen molar-refractivity contribution >= 4 is 29.2 Å². The van der Waals surface area contributed by atoms with Crippen LogP contribution in [0.3, 0.4) is 0 Å². The predicted molar refractivity (Wildman–Crippen MR) is 52.9 cm³/mol. The fourth-order valence-corrected chi connectivity index (χ4v) is 1.01. The third-order valence-electron chi connectivity index (χ3n) is 1.15. The first-order valence-electron chi connectivity index (χ1n) is 3.71. The van der Waals surface area contributed by atoms with Crippen LogP contribution in [0.15, 0.2) is 12.3 Å². The topological polar surface area (TPSA) is 50.7 Å². The number of anilines is 1. The van der Waals surface area contributed by atoms with Gasteiger partial charge < -0.3 is 5.32 Å². The number of nitrogens with one attached hydrogen (secondary N) is 1. The Morgan fingerprint density at radius 1 is 1.23 bits per heavy atom. The van der Waals surface area contributed by atoms with Crippen LogP contribution in [0.25, 0.3) is 0 Å². The van der Waals surface area contributed by atoms with Crippen molar-refractivity contribution in [1.29, 1.82) is 0 Å². The molecule has 4 nitrogen and oxygen atoms in total. The summed E-state index contributed by atoms with van der Waals surface area (Å²) in [6, 6.07) is 0. The molecule has 0 amide bonds. The van der Waals surface area contributed by atoms with Crippen molar-refractivity contribution in [3.05, 3.63) is 22.8 Å². The van der Waals surface area contributed by atoms with E-state index in [1.807, 2.05) is 13.0 Å². The van der Waals surface area contributed by atoms with E-state index in [1.54, 1.807) is 6.20 Å². The number of aromatic nitrogens is 3. The van der Waals surface area contributed by atoms with Crippen LogP contribution in [0.2, 0.25) is 10.6 Å². The molecule has 0 saturated heterocycles. The number of allylic oxidation sites excluding steroid dienone is 1. The van der Waals surface area contributed by atoms with Crippen molar-refractivity contribution in [1.82, 2.24) is 15.0 Å². The van der Waals surface area contributed by atoms with E-state index in [9.17, 15) is 0 Å². The fourth-order valence-electron chi connectivity index (χ4n) is 0.642. The van der Waals surface area contributed by atoms with Gasteiger partial charge in [-0.25, -0.2) is 0 Å². The van der Waals surface area contributed by atoms with E-state index in [0.717, 1.165) is 6.42 Å². The SMILES string of the molecule is CC/C=C/Nc1nc(Cl)nc(Cl)n1. The van der Waals surface area contributed by atoms with Crippen LogP contribution < -0.4 is 5.32 Å². The maximum atomic E-state index is 5.55. The van der Waals surface area contributed by atoms with Crippen LogP contribution in [0.1, 0.15) is 13.3 Å². The van der Waals surface area contributed by atoms with Gasteiger partial charge in [-0.2, -0.15) is 15.0 Å². The average molecular weight is 219 g/mol. The van der Waals surface area contributed by atoms with E-state index in [2.05, 4.69) is 20.3 Å². The lowest BCUT2D eigenvalue weighted by Crippen LogP contribution is -1.97. The van der Waals surface area contributed by atoms with Crippen molar-refractivity contribution in [2.24, 2.45) is 0 Å². The molecule has 1 aromatic rings. The zero-order valence-corrected chi connectivity index (χ0v) is 8.47. The molecule has 0 aliphatic rings. The van der Waals surface area contributed by atoms with Gasteiger partial charge in [0.25, 0.3) is 0 Å². The van der Waals surface area contributed by atoms with Gasteiger partial charge in [0.1, 0.15) is 0 Å². The third-order valence-corrected chi connectivity index (χ3v) is 1.48. The van der Waals surface area contributed by atoms with E-state index in [0.29, 0.717) is 5.95 Å². The molecule has 0 fully saturated rings. The third kappa shape index (κ3) is 3.57. The van der Waals surface area contributed by atoms with Crippen molar-refractivity contribution in [3.63, 3.8) is 0 Å². The summed E-state index contributed by atoms with van der Waals surface area (Å²) in [4.78, 5) is 11.2. The van der Waals surface area contributed by atoms with E-state index in [-0.39, 0.29) is 10.6 Å². The van der Waals surface area contributed by atoms with Gasteiger partial charge in [-0.1, -0.05) is 13.0 Å². The van der Waals surface area contributed by atoms with Crippen LogP contribution in [0, 0.1) is 0 Å². The average Bonchev–Trinajstić information content (AvgIpc) is 2.03. The molecule has 0 aliphatic carbocycles. The van der Waals surface area contributed by atoms with Crippen LogP contribution in [-0.2, 0) is 0 Å². The smallest absolute Gasteiger partial charge is 0.232 e. The van der Waals surface area contributed by atoms with Gasteiger partial charge in [-0.05, 0) is 35.8 Å². The lowest BCUT2D eigenvalue weighted by molar-refractivity contribution is 1.05. The molecule has 13 heavy (non-hydrogen) atoms. The van der Waals surface area contributed by atoms with E-state index in [4.69, 9.17) is 23.2 Å². The van der Waals surface area contributed by atoms with Gasteiger partial charge in [-0.3, -0.25) is 0 Å². The zero-order valence-electron chi connectivity index (χ0n) is 6.96. The Morgan fingerprint density at radius 3 is 2.38 bits per heavy atom. The molecule has 0 unspecified atom stereocenters. The summed E-state index contributed by atoms with van der Waals surface area (Å²) < 4.78 is 0. The molecule has 0 spiro atoms. The van der Waals surface area contributed by atoms with E-state index in [1.165, 1.54) is 0 Å². The summed E-state index contributed by atoms with van der Waals surface area (Å²) in [6.45, 7) is 2.02. The van der Waals surface area contributed by atoms with Crippen LogP contribution >= 0.6 is 23.2 Å². The van der Waals surface area contributed by atoms with Gasteiger partial charge >= 0.3 is 0 Å². The molecular weight excluding hydrogens is 211 g/mol. The highest BCUT2D eigenvalue weighted by molar-refractivity contribution is 6.31. The van der Waals surface area contributed by atoms with Gasteiger partial charge in [0.2, 0.25) is 16.5 Å². The molecule has 0 radical (unpaired) electrons. The van der Waals surface area contributed by atoms with E-state index >= 15 is 0 Å². The van der Waals surface area contributed by atoms with Crippen molar-refractivity contribution in [3.8, 4) is 0 Å². The standard InChI is InChI=1S/C7H8Cl2N4/c1-2-3-4-10-7-12-5(8)11-6(9)13-7/h3-4H,2H2,1H3,(H,10,11,12,13)/b4-3+. The molecule has 1 rings (SSSR count). The minimum absolute atomic E-state index is 0.0763. The molecular formula is C7H8Cl2N4. The fraction of sp³-hybridized carbons (Fsp3) is 0.286. The summed E-state index contributed by atoms with van der Waals surface area (Å²) in [5.41, 5.74) is 0. The Balaban J connectivity index is 2.71. The molecule has 1 N–H and O–H groups in total. The Labute approximate surface area is 86.0 Å². The first-order chi connectivity index (χ1) is 6.22. The largest absolute Gasteiger partial charge is 0.331 e. The highest BCUT2D eigenvalue weighted by atomic mass is 35.5. The van der Waals surface area contributed by atoms with Gasteiger partial charge in [-0.15, -0.1) is 0 Å². The van der Waals surface area contributed by atoms with Gasteiger partial charge in [0, 0.05) is 0 Å². The molecule has 1 heterocycles. The first kappa shape index (κ1) is 10.2. The molecule has 6 heteroatoms. The second-order valence-electron chi connectivity index (χ2n) is 2.15. The predicted octanol–water partition coefficient (Wildman–Crippen LogP) is 2.51. The number of hydrogen-bond donors (Lipinski definition) is 1. The quantitative estimate of drug-likeness (QED) is 0.848. The minimum Gasteiger partial charge on any atom is -0.331 e. The maximum absolute atomic E-state index is 5.55. The lowest BCUT2D eigenvalue weighted by atomic mass is 10.5. The zero-order chi connectivity index (χ0) is 9.68. The second kappa shape index (κ2) is 4.99. The maximum Gasteiger partial charge on any atom is 0.232 e. The Morgan fingerprint density at radius 2 is 1.85 bits per heavy atom. The summed E-state index contributed by atoms with van der Waals surface area (Å²) >= 11 is 11.1. The van der Waals surface area contributed by atoms with Crippen LogP contribution in [0.4, 0.5) is 5.95 Å². The van der Waals surface area contributed by atoms with Crippen molar-refractivity contribution in [2.45, 2.75) is 13.3 Å². The minimum atomic E-state index is 0.0763. The summed E-state index contributed by atoms with van der Waals surface area (Å²) in [7, 11) is 0.